The van der Waals surface area contributed by atoms with E-state index in [0.717, 1.165) is 31.2 Å². The highest BCUT2D eigenvalue weighted by Crippen LogP contribution is 2.27. The van der Waals surface area contributed by atoms with Crippen LogP contribution in [0.1, 0.15) is 44.6 Å². The fraction of sp³-hybridized carbons (Fsp3) is 0.562. The first-order valence-electron chi connectivity index (χ1n) is 7.53. The number of nitrogens with zero attached hydrogens (tertiary/aromatic N) is 1. The zero-order valence-corrected chi connectivity index (χ0v) is 13.5. The van der Waals surface area contributed by atoms with Crippen molar-refractivity contribution in [1.29, 1.82) is 0 Å². The molecule has 0 fully saturated rings. The summed E-state index contributed by atoms with van der Waals surface area (Å²) >= 11 is 0. The Morgan fingerprint density at radius 2 is 1.86 bits per heavy atom. The molecule has 0 saturated carbocycles. The van der Waals surface area contributed by atoms with Crippen molar-refractivity contribution in [2.24, 2.45) is 4.99 Å². The number of ether oxygens (including phenoxy) is 1. The van der Waals surface area contributed by atoms with Crippen molar-refractivity contribution in [3.63, 3.8) is 0 Å². The lowest BCUT2D eigenvalue weighted by molar-refractivity contribution is 0.205. The Morgan fingerprint density at radius 1 is 1.14 bits per heavy atom. The standard InChI is InChI=1S/C16H23NO3S/c1-3-4-5-6-7-15-16(17-12-20-15)21(18,19)14-10-8-13(2)9-11-14/h8-12,15-16H,3-7H2,1-2H3/t15-,16-/m0/s1. The van der Waals surface area contributed by atoms with E-state index >= 15 is 0 Å². The summed E-state index contributed by atoms with van der Waals surface area (Å²) in [5.74, 6) is 0. The number of benzene rings is 1. The van der Waals surface area contributed by atoms with Crippen LogP contribution in [0.2, 0.25) is 0 Å². The van der Waals surface area contributed by atoms with Crippen LogP contribution in [-0.4, -0.2) is 26.3 Å². The van der Waals surface area contributed by atoms with Gasteiger partial charge in [-0.05, 0) is 31.9 Å². The van der Waals surface area contributed by atoms with Gasteiger partial charge in [-0.1, -0.05) is 43.9 Å². The maximum absolute atomic E-state index is 12.7. The van der Waals surface area contributed by atoms with Crippen molar-refractivity contribution in [1.82, 2.24) is 0 Å². The fourth-order valence-electron chi connectivity index (χ4n) is 2.47. The van der Waals surface area contributed by atoms with Crippen LogP contribution >= 0.6 is 0 Å². The SMILES string of the molecule is CCCCCC[C@@H]1OC=N[C@H]1S(=O)(=O)c1ccc(C)cc1. The molecular formula is C16H23NO3S. The van der Waals surface area contributed by atoms with Gasteiger partial charge in [0.05, 0.1) is 4.90 Å². The number of hydrogen-bond acceptors (Lipinski definition) is 4. The van der Waals surface area contributed by atoms with Crippen molar-refractivity contribution in [3.8, 4) is 0 Å². The van der Waals surface area contributed by atoms with Gasteiger partial charge >= 0.3 is 0 Å². The van der Waals surface area contributed by atoms with Gasteiger partial charge in [-0.25, -0.2) is 13.4 Å². The minimum Gasteiger partial charge on any atom is -0.477 e. The number of hydrogen-bond donors (Lipinski definition) is 0. The van der Waals surface area contributed by atoms with Crippen molar-refractivity contribution in [2.75, 3.05) is 0 Å². The molecule has 1 aromatic carbocycles. The molecule has 1 aliphatic heterocycles. The second-order valence-electron chi connectivity index (χ2n) is 5.53. The predicted molar refractivity (Wildman–Crippen MR) is 84.3 cm³/mol. The van der Waals surface area contributed by atoms with Gasteiger partial charge in [0.2, 0.25) is 9.84 Å². The molecule has 1 heterocycles. The van der Waals surface area contributed by atoms with Crippen LogP contribution in [0.3, 0.4) is 0 Å². The summed E-state index contributed by atoms with van der Waals surface area (Å²) in [7, 11) is -3.47. The molecule has 1 aromatic rings. The van der Waals surface area contributed by atoms with Crippen LogP contribution in [-0.2, 0) is 14.6 Å². The highest BCUT2D eigenvalue weighted by Gasteiger charge is 2.38. The molecule has 0 spiro atoms. The lowest BCUT2D eigenvalue weighted by Gasteiger charge is -2.17. The van der Waals surface area contributed by atoms with Crippen LogP contribution < -0.4 is 0 Å². The Morgan fingerprint density at radius 3 is 2.52 bits per heavy atom. The van der Waals surface area contributed by atoms with Gasteiger partial charge in [0.25, 0.3) is 0 Å². The zero-order chi connectivity index (χ0) is 15.3. The van der Waals surface area contributed by atoms with Crippen molar-refractivity contribution >= 4 is 16.2 Å². The summed E-state index contributed by atoms with van der Waals surface area (Å²) < 4.78 is 30.7. The summed E-state index contributed by atoms with van der Waals surface area (Å²) in [5, 5.41) is -0.804. The van der Waals surface area contributed by atoms with E-state index in [1.165, 1.54) is 12.8 Å². The number of aryl methyl sites for hydroxylation is 1. The van der Waals surface area contributed by atoms with E-state index in [1.807, 2.05) is 19.1 Å². The van der Waals surface area contributed by atoms with Crippen LogP contribution in [0.15, 0.2) is 34.2 Å². The molecule has 0 saturated heterocycles. The molecule has 0 amide bonds. The van der Waals surface area contributed by atoms with Crippen molar-refractivity contribution in [3.05, 3.63) is 29.8 Å². The highest BCUT2D eigenvalue weighted by molar-refractivity contribution is 7.92. The van der Waals surface area contributed by atoms with Crippen LogP contribution in [0.5, 0.6) is 0 Å². The third kappa shape index (κ3) is 3.84. The second-order valence-corrected chi connectivity index (χ2v) is 7.57. The first kappa shape index (κ1) is 16.0. The third-order valence-electron chi connectivity index (χ3n) is 3.77. The fourth-order valence-corrected chi connectivity index (χ4v) is 4.07. The molecule has 0 aromatic heterocycles. The predicted octanol–water partition coefficient (Wildman–Crippen LogP) is 3.49. The number of unbranched alkanes of at least 4 members (excludes halogenated alkanes) is 3. The molecule has 0 N–H and O–H groups in total. The molecule has 0 radical (unpaired) electrons. The third-order valence-corrected chi connectivity index (χ3v) is 5.76. The van der Waals surface area contributed by atoms with E-state index in [9.17, 15) is 8.42 Å². The molecule has 4 nitrogen and oxygen atoms in total. The summed E-state index contributed by atoms with van der Waals surface area (Å²) in [6.45, 7) is 4.09. The lowest BCUT2D eigenvalue weighted by atomic mass is 10.1. The van der Waals surface area contributed by atoms with Gasteiger partial charge in [-0.3, -0.25) is 0 Å². The van der Waals surface area contributed by atoms with Gasteiger partial charge in [-0.15, -0.1) is 0 Å². The van der Waals surface area contributed by atoms with Gasteiger partial charge in [0.15, 0.2) is 11.8 Å². The Labute approximate surface area is 127 Å². The smallest absolute Gasteiger partial charge is 0.205 e. The van der Waals surface area contributed by atoms with E-state index in [1.54, 1.807) is 12.1 Å². The summed E-state index contributed by atoms with van der Waals surface area (Å²) in [6, 6.07) is 6.91. The Balaban J connectivity index is 2.07. The van der Waals surface area contributed by atoms with Gasteiger partial charge < -0.3 is 4.74 Å². The van der Waals surface area contributed by atoms with Crippen LogP contribution in [0.4, 0.5) is 0 Å². The molecule has 1 aliphatic rings. The Hall–Kier alpha value is -1.36. The first-order chi connectivity index (χ1) is 10.1. The minimum absolute atomic E-state index is 0.319. The Bertz CT molecular complexity index is 578. The lowest BCUT2D eigenvalue weighted by Crippen LogP contribution is -2.30. The van der Waals surface area contributed by atoms with Gasteiger partial charge in [-0.2, -0.15) is 0 Å². The monoisotopic (exact) mass is 309 g/mol. The first-order valence-corrected chi connectivity index (χ1v) is 9.08. The van der Waals surface area contributed by atoms with E-state index in [0.29, 0.717) is 4.90 Å². The normalized spacial score (nSPS) is 21.4. The van der Waals surface area contributed by atoms with Crippen molar-refractivity contribution in [2.45, 2.75) is 62.3 Å². The zero-order valence-electron chi connectivity index (χ0n) is 12.7. The van der Waals surface area contributed by atoms with Gasteiger partial charge in [0.1, 0.15) is 6.10 Å². The molecule has 0 aliphatic carbocycles. The molecule has 0 bridgehead atoms. The molecule has 5 heteroatoms. The molecule has 0 unspecified atom stereocenters. The van der Waals surface area contributed by atoms with E-state index in [4.69, 9.17) is 4.74 Å². The topological polar surface area (TPSA) is 55.7 Å². The molecule has 116 valence electrons. The highest BCUT2D eigenvalue weighted by atomic mass is 32.2. The summed E-state index contributed by atoms with van der Waals surface area (Å²) in [4.78, 5) is 4.37. The van der Waals surface area contributed by atoms with E-state index in [2.05, 4.69) is 11.9 Å². The number of rotatable bonds is 7. The van der Waals surface area contributed by atoms with E-state index in [-0.39, 0.29) is 6.10 Å². The average Bonchev–Trinajstić information content (AvgIpc) is 2.93. The van der Waals surface area contributed by atoms with Gasteiger partial charge in [0, 0.05) is 0 Å². The average molecular weight is 309 g/mol. The van der Waals surface area contributed by atoms with E-state index < -0.39 is 15.2 Å². The summed E-state index contributed by atoms with van der Waals surface area (Å²) in [5.41, 5.74) is 1.04. The maximum Gasteiger partial charge on any atom is 0.205 e. The number of aliphatic imine (C=N–C) groups is 1. The molecule has 2 rings (SSSR count). The quantitative estimate of drug-likeness (QED) is 0.724. The maximum atomic E-state index is 12.7. The van der Waals surface area contributed by atoms with Crippen LogP contribution in [0.25, 0.3) is 0 Å². The summed E-state index contributed by atoms with van der Waals surface area (Å²) in [6.07, 6.45) is 6.08. The second kappa shape index (κ2) is 7.07. The largest absolute Gasteiger partial charge is 0.477 e. The number of sulfone groups is 1. The molecular weight excluding hydrogens is 286 g/mol. The van der Waals surface area contributed by atoms with Crippen molar-refractivity contribution < 1.29 is 13.2 Å². The Kier molecular flexibility index (Phi) is 5.39. The molecule has 21 heavy (non-hydrogen) atoms. The molecule has 2 atom stereocenters. The van der Waals surface area contributed by atoms with Crippen LogP contribution in [0, 0.1) is 6.92 Å². The minimum atomic E-state index is -3.47.